The lowest BCUT2D eigenvalue weighted by atomic mass is 9.88. The largest absolute Gasteiger partial charge is 0.375 e. The summed E-state index contributed by atoms with van der Waals surface area (Å²) >= 11 is 0. The van der Waals surface area contributed by atoms with E-state index in [9.17, 15) is 9.59 Å². The van der Waals surface area contributed by atoms with Crippen LogP contribution in [0.3, 0.4) is 0 Å². The summed E-state index contributed by atoms with van der Waals surface area (Å²) in [6, 6.07) is 0. The maximum atomic E-state index is 12.8. The van der Waals surface area contributed by atoms with Crippen LogP contribution in [0.2, 0.25) is 0 Å². The minimum absolute atomic E-state index is 0.0194. The second-order valence-corrected chi connectivity index (χ2v) is 9.09. The molecule has 2 aliphatic heterocycles. The van der Waals surface area contributed by atoms with E-state index in [-0.39, 0.29) is 24.3 Å². The Morgan fingerprint density at radius 2 is 1.90 bits per heavy atom. The molecule has 3 aliphatic rings. The summed E-state index contributed by atoms with van der Waals surface area (Å²) in [6.07, 6.45) is 9.42. The first-order valence-electron chi connectivity index (χ1n) is 11.5. The molecule has 0 bridgehead atoms. The Morgan fingerprint density at radius 3 is 2.67 bits per heavy atom. The predicted octanol–water partition coefficient (Wildman–Crippen LogP) is 3.00. The Labute approximate surface area is 179 Å². The molecule has 1 atom stereocenters. The van der Waals surface area contributed by atoms with Gasteiger partial charge in [0.1, 0.15) is 18.2 Å². The fourth-order valence-electron chi connectivity index (χ4n) is 5.23. The predicted molar refractivity (Wildman–Crippen MR) is 114 cm³/mol. The maximum Gasteiger partial charge on any atom is 0.248 e. The monoisotopic (exact) mass is 414 g/mol. The second-order valence-electron chi connectivity index (χ2n) is 9.09. The van der Waals surface area contributed by atoms with Gasteiger partial charge in [0.15, 0.2) is 0 Å². The lowest BCUT2D eigenvalue weighted by Gasteiger charge is -2.35. The molecule has 0 spiro atoms. The van der Waals surface area contributed by atoms with Crippen LogP contribution in [-0.2, 0) is 20.7 Å². The minimum Gasteiger partial charge on any atom is -0.375 e. The van der Waals surface area contributed by atoms with E-state index >= 15 is 0 Å². The highest BCUT2D eigenvalue weighted by Gasteiger charge is 2.33. The lowest BCUT2D eigenvalue weighted by molar-refractivity contribution is -0.136. The Bertz CT molecular complexity index is 791. The van der Waals surface area contributed by atoms with Gasteiger partial charge in [0.25, 0.3) is 0 Å². The SMILES string of the molecule is COCC(=O)N1CCC[C@H](c2nc(C)c3c(n2)N(CC2CCCCC2)C(=O)CC3)C1. The number of aryl methyl sites for hydroxylation is 1. The van der Waals surface area contributed by atoms with E-state index in [4.69, 9.17) is 14.7 Å². The van der Waals surface area contributed by atoms with Crippen LogP contribution in [0.4, 0.5) is 5.82 Å². The van der Waals surface area contributed by atoms with Gasteiger partial charge in [-0.25, -0.2) is 9.97 Å². The standard InChI is InChI=1S/C23H34N4O3/c1-16-19-10-11-20(28)27(13-17-7-4-3-5-8-17)23(19)25-22(24-16)18-9-6-12-26(14-18)21(29)15-30-2/h17-18H,3-15H2,1-2H3/t18-/m0/s1. The number of piperidine rings is 1. The number of anilines is 1. The van der Waals surface area contributed by atoms with E-state index in [0.29, 0.717) is 18.9 Å². The summed E-state index contributed by atoms with van der Waals surface area (Å²) in [7, 11) is 1.55. The molecule has 0 radical (unpaired) electrons. The Kier molecular flexibility index (Phi) is 6.66. The zero-order valence-corrected chi connectivity index (χ0v) is 18.4. The number of carbonyl (C=O) groups is 2. The molecule has 0 unspecified atom stereocenters. The van der Waals surface area contributed by atoms with E-state index in [1.54, 1.807) is 7.11 Å². The maximum absolute atomic E-state index is 12.8. The zero-order valence-electron chi connectivity index (χ0n) is 18.4. The van der Waals surface area contributed by atoms with Crippen molar-refractivity contribution in [3.05, 3.63) is 17.1 Å². The highest BCUT2D eigenvalue weighted by atomic mass is 16.5. The summed E-state index contributed by atoms with van der Waals surface area (Å²) < 4.78 is 5.02. The zero-order chi connectivity index (χ0) is 21.1. The summed E-state index contributed by atoms with van der Waals surface area (Å²) in [5.74, 6) is 2.51. The van der Waals surface area contributed by atoms with Crippen molar-refractivity contribution < 1.29 is 14.3 Å². The molecule has 3 heterocycles. The number of hydrogen-bond donors (Lipinski definition) is 0. The van der Waals surface area contributed by atoms with Crippen LogP contribution in [0.5, 0.6) is 0 Å². The first kappa shape index (κ1) is 21.2. The second kappa shape index (κ2) is 9.41. The number of amides is 2. The van der Waals surface area contributed by atoms with Crippen LogP contribution < -0.4 is 4.90 Å². The molecule has 1 aliphatic carbocycles. The van der Waals surface area contributed by atoms with Gasteiger partial charge < -0.3 is 9.64 Å². The van der Waals surface area contributed by atoms with E-state index in [1.807, 2.05) is 16.7 Å². The third kappa shape index (κ3) is 4.51. The molecule has 1 saturated heterocycles. The normalized spacial score (nSPS) is 22.9. The van der Waals surface area contributed by atoms with Gasteiger partial charge in [0, 0.05) is 50.3 Å². The third-order valence-electron chi connectivity index (χ3n) is 6.93. The number of fused-ring (bicyclic) bond motifs is 1. The summed E-state index contributed by atoms with van der Waals surface area (Å²) in [5, 5.41) is 0. The molecule has 7 nitrogen and oxygen atoms in total. The first-order chi connectivity index (χ1) is 14.6. The number of rotatable bonds is 5. The van der Waals surface area contributed by atoms with E-state index in [2.05, 4.69) is 0 Å². The van der Waals surface area contributed by atoms with Gasteiger partial charge in [-0.3, -0.25) is 14.5 Å². The minimum atomic E-state index is 0.0194. The molecule has 4 rings (SSSR count). The van der Waals surface area contributed by atoms with E-state index < -0.39 is 0 Å². The van der Waals surface area contributed by atoms with Crippen molar-refractivity contribution >= 4 is 17.6 Å². The molecule has 7 heteroatoms. The fourth-order valence-corrected chi connectivity index (χ4v) is 5.23. The van der Waals surface area contributed by atoms with Gasteiger partial charge in [-0.2, -0.15) is 0 Å². The topological polar surface area (TPSA) is 75.6 Å². The van der Waals surface area contributed by atoms with Crippen LogP contribution in [0, 0.1) is 12.8 Å². The summed E-state index contributed by atoms with van der Waals surface area (Å²) in [6.45, 7) is 4.31. The molecule has 1 aromatic heterocycles. The van der Waals surface area contributed by atoms with Crippen molar-refractivity contribution in [1.82, 2.24) is 14.9 Å². The van der Waals surface area contributed by atoms with E-state index in [0.717, 1.165) is 55.3 Å². The van der Waals surface area contributed by atoms with Gasteiger partial charge >= 0.3 is 0 Å². The van der Waals surface area contributed by atoms with Crippen molar-refractivity contribution in [2.75, 3.05) is 38.3 Å². The molecule has 2 fully saturated rings. The Balaban J connectivity index is 1.58. The number of likely N-dealkylation sites (tertiary alicyclic amines) is 1. The quantitative estimate of drug-likeness (QED) is 0.740. The number of hydrogen-bond acceptors (Lipinski definition) is 5. The van der Waals surface area contributed by atoms with E-state index in [1.165, 1.54) is 32.1 Å². The molecular formula is C23H34N4O3. The average molecular weight is 415 g/mol. The Morgan fingerprint density at radius 1 is 1.10 bits per heavy atom. The van der Waals surface area contributed by atoms with Gasteiger partial charge in [0.2, 0.25) is 11.8 Å². The molecule has 1 saturated carbocycles. The van der Waals surface area contributed by atoms with Gasteiger partial charge in [-0.15, -0.1) is 0 Å². The van der Waals surface area contributed by atoms with Crippen molar-refractivity contribution in [1.29, 1.82) is 0 Å². The highest BCUT2D eigenvalue weighted by molar-refractivity contribution is 5.95. The number of aromatic nitrogens is 2. The summed E-state index contributed by atoms with van der Waals surface area (Å²) in [4.78, 5) is 38.7. The van der Waals surface area contributed by atoms with Crippen molar-refractivity contribution in [2.45, 2.75) is 70.6 Å². The number of ether oxygens (including phenoxy) is 1. The molecular weight excluding hydrogens is 380 g/mol. The molecule has 0 aromatic carbocycles. The smallest absolute Gasteiger partial charge is 0.248 e. The van der Waals surface area contributed by atoms with Crippen LogP contribution in [0.25, 0.3) is 0 Å². The Hall–Kier alpha value is -2.02. The van der Waals surface area contributed by atoms with Crippen LogP contribution in [-0.4, -0.2) is 60.0 Å². The van der Waals surface area contributed by atoms with Crippen molar-refractivity contribution in [2.24, 2.45) is 5.92 Å². The van der Waals surface area contributed by atoms with Crippen LogP contribution in [0.15, 0.2) is 0 Å². The average Bonchev–Trinajstić information content (AvgIpc) is 2.76. The highest BCUT2D eigenvalue weighted by Crippen LogP contribution is 2.34. The van der Waals surface area contributed by atoms with Gasteiger partial charge in [-0.1, -0.05) is 19.3 Å². The fraction of sp³-hybridized carbons (Fsp3) is 0.739. The molecule has 2 amide bonds. The van der Waals surface area contributed by atoms with Crippen molar-refractivity contribution in [3.63, 3.8) is 0 Å². The number of methoxy groups -OCH3 is 1. The van der Waals surface area contributed by atoms with Gasteiger partial charge in [0.05, 0.1) is 0 Å². The number of nitrogens with zero attached hydrogens (tertiary/aromatic N) is 4. The third-order valence-corrected chi connectivity index (χ3v) is 6.93. The summed E-state index contributed by atoms with van der Waals surface area (Å²) in [5.41, 5.74) is 2.11. The van der Waals surface area contributed by atoms with Crippen LogP contribution >= 0.6 is 0 Å². The lowest BCUT2D eigenvalue weighted by Crippen LogP contribution is -2.42. The molecule has 1 aromatic rings. The molecule has 164 valence electrons. The van der Waals surface area contributed by atoms with Crippen LogP contribution in [0.1, 0.15) is 74.4 Å². The van der Waals surface area contributed by atoms with Gasteiger partial charge in [-0.05, 0) is 44.9 Å². The molecule has 30 heavy (non-hydrogen) atoms. The number of carbonyl (C=O) groups excluding carboxylic acids is 2. The van der Waals surface area contributed by atoms with Crippen molar-refractivity contribution in [3.8, 4) is 0 Å². The molecule has 0 N–H and O–H groups in total. The first-order valence-corrected chi connectivity index (χ1v) is 11.5.